The van der Waals surface area contributed by atoms with E-state index >= 15 is 0 Å². The van der Waals surface area contributed by atoms with Crippen LogP contribution in [0.5, 0.6) is 11.5 Å². The van der Waals surface area contributed by atoms with Crippen molar-refractivity contribution >= 4 is 5.97 Å². The number of rotatable bonds is 8. The van der Waals surface area contributed by atoms with Crippen molar-refractivity contribution in [3.63, 3.8) is 0 Å². The van der Waals surface area contributed by atoms with Crippen molar-refractivity contribution in [1.82, 2.24) is 0 Å². The van der Waals surface area contributed by atoms with Crippen molar-refractivity contribution in [2.45, 2.75) is 32.7 Å². The minimum absolute atomic E-state index is 0.110. The summed E-state index contributed by atoms with van der Waals surface area (Å²) in [4.78, 5) is 10.6. The number of aliphatic carboxylic acids is 1. The second-order valence-corrected chi connectivity index (χ2v) is 4.26. The molecule has 0 aliphatic heterocycles. The third-order valence-corrected chi connectivity index (χ3v) is 2.61. The first-order valence-electron chi connectivity index (χ1n) is 6.50. The van der Waals surface area contributed by atoms with Crippen LogP contribution in [0.25, 0.3) is 0 Å². The quantitative estimate of drug-likeness (QED) is 0.734. The molecule has 0 saturated carbocycles. The molecule has 0 aliphatic carbocycles. The van der Waals surface area contributed by atoms with Crippen LogP contribution in [-0.2, 0) is 4.79 Å². The Morgan fingerprint density at radius 1 is 1.32 bits per heavy atom. The van der Waals surface area contributed by atoms with E-state index in [1.54, 1.807) is 12.1 Å². The van der Waals surface area contributed by atoms with Gasteiger partial charge in [0.15, 0.2) is 11.5 Å². The van der Waals surface area contributed by atoms with Crippen LogP contribution in [0.15, 0.2) is 18.2 Å². The molecule has 0 spiro atoms. The van der Waals surface area contributed by atoms with Crippen molar-refractivity contribution < 1.29 is 25.1 Å². The van der Waals surface area contributed by atoms with Gasteiger partial charge in [-0.15, -0.1) is 0 Å². The van der Waals surface area contributed by atoms with Gasteiger partial charge >= 0.3 is 0 Å². The van der Waals surface area contributed by atoms with Gasteiger partial charge < -0.3 is 25.1 Å². The lowest BCUT2D eigenvalue weighted by Gasteiger charge is -2.15. The summed E-state index contributed by atoms with van der Waals surface area (Å²) in [5, 5.41) is 10.6. The molecule has 3 N–H and O–H groups in total. The third kappa shape index (κ3) is 4.79. The zero-order valence-electron chi connectivity index (χ0n) is 11.5. The van der Waals surface area contributed by atoms with Gasteiger partial charge in [-0.25, -0.2) is 0 Å². The topological polar surface area (TPSA) is 86.2 Å². The highest BCUT2D eigenvalue weighted by atomic mass is 16.5. The summed E-state index contributed by atoms with van der Waals surface area (Å²) in [6.07, 6.45) is 0.802. The second kappa shape index (κ2) is 7.63. The first kappa shape index (κ1) is 15.3. The highest BCUT2D eigenvalue weighted by Gasteiger charge is 2.14. The van der Waals surface area contributed by atoms with E-state index in [0.717, 1.165) is 12.0 Å². The van der Waals surface area contributed by atoms with E-state index in [-0.39, 0.29) is 12.5 Å². The molecule has 1 atom stereocenters. The van der Waals surface area contributed by atoms with E-state index in [9.17, 15) is 9.90 Å². The minimum Gasteiger partial charge on any atom is -0.550 e. The summed E-state index contributed by atoms with van der Waals surface area (Å²) in [7, 11) is 0. The Morgan fingerprint density at radius 2 is 2.05 bits per heavy atom. The van der Waals surface area contributed by atoms with Crippen LogP contribution in [-0.4, -0.2) is 19.2 Å². The Balaban J connectivity index is 2.90. The maximum Gasteiger partial charge on any atom is 0.161 e. The summed E-state index contributed by atoms with van der Waals surface area (Å²) in [6, 6.07) is 5.04. The van der Waals surface area contributed by atoms with Crippen molar-refractivity contribution in [2.75, 3.05) is 13.2 Å². The van der Waals surface area contributed by atoms with E-state index < -0.39 is 5.97 Å². The van der Waals surface area contributed by atoms with Crippen LogP contribution in [0.4, 0.5) is 0 Å². The smallest absolute Gasteiger partial charge is 0.161 e. The number of carbonyl (C=O) groups is 1. The highest BCUT2D eigenvalue weighted by Crippen LogP contribution is 2.30. The monoisotopic (exact) mass is 267 g/mol. The normalized spacial score (nSPS) is 11.9. The summed E-state index contributed by atoms with van der Waals surface area (Å²) >= 11 is 0. The predicted octanol–water partition coefficient (Wildman–Crippen LogP) is 0.297. The van der Waals surface area contributed by atoms with Gasteiger partial charge in [0.1, 0.15) is 6.04 Å². The molecule has 106 valence electrons. The minimum atomic E-state index is -1.11. The fraction of sp³-hybridized carbons (Fsp3) is 0.500. The molecule has 5 nitrogen and oxygen atoms in total. The molecule has 1 aromatic carbocycles. The molecule has 0 bridgehead atoms. The van der Waals surface area contributed by atoms with Gasteiger partial charge in [0.2, 0.25) is 0 Å². The third-order valence-electron chi connectivity index (χ3n) is 2.61. The standard InChI is InChI=1S/C14H21NO4/c1-3-7-19-12-6-5-10(8-13(12)18-4-2)11(15)9-14(16)17/h5-6,8,11H,3-4,7,9,15H2,1-2H3,(H,16,17)/t11-/m0/s1. The van der Waals surface area contributed by atoms with E-state index in [4.69, 9.17) is 9.47 Å². The lowest BCUT2D eigenvalue weighted by atomic mass is 10.0. The molecule has 0 fully saturated rings. The molecular formula is C14H21NO4. The van der Waals surface area contributed by atoms with Crippen LogP contribution >= 0.6 is 0 Å². The molecule has 0 saturated heterocycles. The molecule has 19 heavy (non-hydrogen) atoms. The molecule has 0 aliphatic rings. The molecule has 1 rings (SSSR count). The summed E-state index contributed by atoms with van der Waals surface area (Å²) in [6.45, 7) is 5.06. The summed E-state index contributed by atoms with van der Waals surface area (Å²) in [5.74, 6) is 0.192. The number of hydrogen-bond donors (Lipinski definition) is 1. The molecular weight excluding hydrogens is 246 g/mol. The number of quaternary nitrogens is 1. The lowest BCUT2D eigenvalue weighted by molar-refractivity contribution is -0.430. The Kier molecular flexibility index (Phi) is 6.15. The van der Waals surface area contributed by atoms with Gasteiger partial charge in [0, 0.05) is 18.0 Å². The Labute approximate surface area is 113 Å². The van der Waals surface area contributed by atoms with E-state index in [2.05, 4.69) is 5.73 Å². The highest BCUT2D eigenvalue weighted by molar-refractivity contribution is 5.65. The maximum atomic E-state index is 10.6. The fourth-order valence-corrected chi connectivity index (χ4v) is 1.70. The number of carboxylic acid groups (broad SMARTS) is 1. The average molecular weight is 267 g/mol. The molecule has 0 unspecified atom stereocenters. The van der Waals surface area contributed by atoms with Gasteiger partial charge in [-0.1, -0.05) is 6.92 Å². The zero-order chi connectivity index (χ0) is 14.3. The van der Waals surface area contributed by atoms with Crippen molar-refractivity contribution in [2.24, 2.45) is 0 Å². The molecule has 0 radical (unpaired) electrons. The van der Waals surface area contributed by atoms with Crippen LogP contribution in [0, 0.1) is 0 Å². The second-order valence-electron chi connectivity index (χ2n) is 4.26. The number of ether oxygens (including phenoxy) is 2. The van der Waals surface area contributed by atoms with E-state index in [0.29, 0.717) is 24.7 Å². The van der Waals surface area contributed by atoms with Gasteiger partial charge in [-0.05, 0) is 31.5 Å². The number of benzene rings is 1. The summed E-state index contributed by atoms with van der Waals surface area (Å²) in [5.41, 5.74) is 4.63. The van der Waals surface area contributed by atoms with Crippen molar-refractivity contribution in [3.8, 4) is 11.5 Å². The SMILES string of the molecule is CCCOc1ccc([C@@H]([NH3+])CC(=O)[O-])cc1OCC. The molecule has 0 aromatic heterocycles. The first-order chi connectivity index (χ1) is 9.08. The largest absolute Gasteiger partial charge is 0.550 e. The van der Waals surface area contributed by atoms with Gasteiger partial charge in [-0.2, -0.15) is 0 Å². The Hall–Kier alpha value is -1.75. The maximum absolute atomic E-state index is 10.6. The van der Waals surface area contributed by atoms with E-state index in [1.807, 2.05) is 19.9 Å². The molecule has 0 heterocycles. The number of hydrogen-bond acceptors (Lipinski definition) is 4. The molecule has 5 heteroatoms. The van der Waals surface area contributed by atoms with Gasteiger partial charge in [0.25, 0.3) is 0 Å². The first-order valence-corrected chi connectivity index (χ1v) is 6.50. The van der Waals surface area contributed by atoms with Crippen LogP contribution in [0.1, 0.15) is 38.3 Å². The number of carboxylic acids is 1. The Morgan fingerprint density at radius 3 is 2.63 bits per heavy atom. The number of carbonyl (C=O) groups excluding carboxylic acids is 1. The molecule has 0 amide bonds. The van der Waals surface area contributed by atoms with Gasteiger partial charge in [0.05, 0.1) is 13.2 Å². The van der Waals surface area contributed by atoms with Crippen LogP contribution in [0.2, 0.25) is 0 Å². The zero-order valence-corrected chi connectivity index (χ0v) is 11.5. The fourth-order valence-electron chi connectivity index (χ4n) is 1.70. The van der Waals surface area contributed by atoms with Crippen molar-refractivity contribution in [1.29, 1.82) is 0 Å². The average Bonchev–Trinajstić information content (AvgIpc) is 2.36. The van der Waals surface area contributed by atoms with Crippen LogP contribution < -0.4 is 20.3 Å². The predicted molar refractivity (Wildman–Crippen MR) is 68.7 cm³/mol. The van der Waals surface area contributed by atoms with Crippen LogP contribution in [0.3, 0.4) is 0 Å². The Bertz CT molecular complexity index is 420. The van der Waals surface area contributed by atoms with Gasteiger partial charge in [-0.3, -0.25) is 0 Å². The van der Waals surface area contributed by atoms with E-state index in [1.165, 1.54) is 0 Å². The van der Waals surface area contributed by atoms with Crippen molar-refractivity contribution in [3.05, 3.63) is 23.8 Å². The lowest BCUT2D eigenvalue weighted by Crippen LogP contribution is -2.55. The summed E-state index contributed by atoms with van der Waals surface area (Å²) < 4.78 is 11.1. The molecule has 1 aromatic rings.